The minimum atomic E-state index is -0.0495. The molecule has 5 rings (SSSR count). The van der Waals surface area contributed by atoms with E-state index in [0.717, 1.165) is 51.2 Å². The summed E-state index contributed by atoms with van der Waals surface area (Å²) in [6, 6.07) is 8.70. The van der Waals surface area contributed by atoms with Crippen LogP contribution in [-0.2, 0) is 9.53 Å². The molecule has 0 radical (unpaired) electrons. The zero-order chi connectivity index (χ0) is 22.5. The fraction of sp³-hybridized carbons (Fsp3) is 0.593. The number of allylic oxidation sites excluding steroid dienone is 3. The number of esters is 1. The van der Waals surface area contributed by atoms with Gasteiger partial charge < -0.3 is 14.4 Å². The number of carbonyl (C=O) groups excluding carboxylic acids is 1. The number of hydrogen-bond donors (Lipinski definition) is 0. The lowest BCUT2D eigenvalue weighted by Gasteiger charge is -2.44. The van der Waals surface area contributed by atoms with Crippen molar-refractivity contribution in [2.24, 2.45) is 17.3 Å². The average molecular weight is 437 g/mol. The van der Waals surface area contributed by atoms with E-state index in [2.05, 4.69) is 54.9 Å². The normalized spacial score (nSPS) is 34.9. The van der Waals surface area contributed by atoms with Crippen molar-refractivity contribution >= 4 is 11.7 Å². The molecule has 0 aromatic heterocycles. The predicted molar refractivity (Wildman–Crippen MR) is 127 cm³/mol. The van der Waals surface area contributed by atoms with Crippen LogP contribution in [0.3, 0.4) is 0 Å². The van der Waals surface area contributed by atoms with Crippen molar-refractivity contribution in [2.45, 2.75) is 52.2 Å². The van der Waals surface area contributed by atoms with Gasteiger partial charge in [0.2, 0.25) is 0 Å². The van der Waals surface area contributed by atoms with E-state index >= 15 is 0 Å². The first-order valence-electron chi connectivity index (χ1n) is 12.1. The summed E-state index contributed by atoms with van der Waals surface area (Å²) in [5.41, 5.74) is 4.25. The standard InChI is InChI=1S/C27H36N2O3/c1-18-6-5-11-27(3)15-25-22(14-24(18)27)23(26(30)32-25)17-28-12-13-29(19(2)16-28)20-7-9-21(31-4)10-8-20/h6-10,14,19,22-23,25H,5,11-13,15-17H2,1-4H3/t19-,22+,23+,25-,27-/m1/s1. The molecule has 32 heavy (non-hydrogen) atoms. The molecule has 5 heteroatoms. The SMILES string of the molecule is COc1ccc(N2CCN(C[C@@H]3C(=O)O[C@@H]4C[C@@]5(C)CCC=C(C)C5=C[C@@H]34)C[C@H]2C)cc1. The van der Waals surface area contributed by atoms with Crippen molar-refractivity contribution in [3.8, 4) is 5.75 Å². The maximum Gasteiger partial charge on any atom is 0.311 e. The topological polar surface area (TPSA) is 42.0 Å². The number of fused-ring (bicyclic) bond motifs is 2. The predicted octanol–water partition coefficient (Wildman–Crippen LogP) is 4.44. The summed E-state index contributed by atoms with van der Waals surface area (Å²) in [5.74, 6) is 1.05. The molecule has 1 aromatic rings. The van der Waals surface area contributed by atoms with E-state index < -0.39 is 0 Å². The molecule has 0 amide bonds. The van der Waals surface area contributed by atoms with Crippen molar-refractivity contribution < 1.29 is 14.3 Å². The second-order valence-corrected chi connectivity index (χ2v) is 10.4. The number of anilines is 1. The molecule has 2 aliphatic carbocycles. The molecule has 0 spiro atoms. The molecule has 0 saturated carbocycles. The molecule has 2 heterocycles. The zero-order valence-electron chi connectivity index (χ0n) is 19.8. The Balaban J connectivity index is 1.28. The number of rotatable bonds is 4. The molecule has 4 aliphatic rings. The van der Waals surface area contributed by atoms with Gasteiger partial charge in [0.1, 0.15) is 11.9 Å². The highest BCUT2D eigenvalue weighted by atomic mass is 16.6. The summed E-state index contributed by atoms with van der Waals surface area (Å²) in [7, 11) is 1.70. The largest absolute Gasteiger partial charge is 0.497 e. The smallest absolute Gasteiger partial charge is 0.311 e. The van der Waals surface area contributed by atoms with Crippen molar-refractivity contribution in [3.05, 3.63) is 47.6 Å². The Morgan fingerprint density at radius 1 is 1.22 bits per heavy atom. The molecule has 2 aliphatic heterocycles. The average Bonchev–Trinajstić information content (AvgIpc) is 3.06. The molecule has 172 valence electrons. The van der Waals surface area contributed by atoms with Crippen molar-refractivity contribution in [1.82, 2.24) is 4.90 Å². The Morgan fingerprint density at radius 3 is 2.72 bits per heavy atom. The van der Waals surface area contributed by atoms with E-state index in [0.29, 0.717) is 6.04 Å². The summed E-state index contributed by atoms with van der Waals surface area (Å²) in [5, 5.41) is 0. The van der Waals surface area contributed by atoms with Crippen LogP contribution in [0.1, 0.15) is 40.0 Å². The lowest BCUT2D eigenvalue weighted by molar-refractivity contribution is -0.145. The molecular weight excluding hydrogens is 400 g/mol. The summed E-state index contributed by atoms with van der Waals surface area (Å²) >= 11 is 0. The van der Waals surface area contributed by atoms with Crippen LogP contribution in [0, 0.1) is 17.3 Å². The van der Waals surface area contributed by atoms with E-state index in [-0.39, 0.29) is 29.3 Å². The van der Waals surface area contributed by atoms with Gasteiger partial charge in [0.25, 0.3) is 0 Å². The lowest BCUT2D eigenvalue weighted by atomic mass is 9.62. The van der Waals surface area contributed by atoms with Gasteiger partial charge >= 0.3 is 5.97 Å². The number of hydrogen-bond acceptors (Lipinski definition) is 5. The third-order valence-corrected chi connectivity index (χ3v) is 8.27. The van der Waals surface area contributed by atoms with Crippen LogP contribution < -0.4 is 9.64 Å². The number of methoxy groups -OCH3 is 1. The third-order valence-electron chi connectivity index (χ3n) is 8.27. The Kier molecular flexibility index (Phi) is 5.56. The van der Waals surface area contributed by atoms with Crippen LogP contribution in [0.2, 0.25) is 0 Å². The lowest BCUT2D eigenvalue weighted by Crippen LogP contribution is -2.53. The fourth-order valence-electron chi connectivity index (χ4n) is 6.47. The van der Waals surface area contributed by atoms with E-state index in [1.165, 1.54) is 16.8 Å². The monoisotopic (exact) mass is 436 g/mol. The fourth-order valence-corrected chi connectivity index (χ4v) is 6.47. The Bertz CT molecular complexity index is 937. The zero-order valence-corrected chi connectivity index (χ0v) is 19.8. The van der Waals surface area contributed by atoms with E-state index in [1.807, 2.05) is 12.1 Å². The maximum absolute atomic E-state index is 12.9. The molecule has 0 bridgehead atoms. The van der Waals surface area contributed by atoms with Crippen LogP contribution in [0.4, 0.5) is 5.69 Å². The molecule has 5 atom stereocenters. The van der Waals surface area contributed by atoms with Gasteiger partial charge in [-0.3, -0.25) is 9.69 Å². The van der Waals surface area contributed by atoms with Crippen molar-refractivity contribution in [1.29, 1.82) is 0 Å². The highest BCUT2D eigenvalue weighted by molar-refractivity contribution is 5.76. The van der Waals surface area contributed by atoms with Gasteiger partial charge in [-0.25, -0.2) is 0 Å². The first kappa shape index (κ1) is 21.6. The third kappa shape index (κ3) is 3.75. The molecule has 2 saturated heterocycles. The highest BCUT2D eigenvalue weighted by Gasteiger charge is 2.51. The summed E-state index contributed by atoms with van der Waals surface area (Å²) < 4.78 is 11.3. The second kappa shape index (κ2) is 8.26. The van der Waals surface area contributed by atoms with Crippen LogP contribution in [0.5, 0.6) is 5.75 Å². The van der Waals surface area contributed by atoms with Gasteiger partial charge in [-0.2, -0.15) is 0 Å². The van der Waals surface area contributed by atoms with Gasteiger partial charge in [-0.05, 0) is 68.4 Å². The quantitative estimate of drug-likeness (QED) is 0.653. The molecule has 0 N–H and O–H groups in total. The minimum Gasteiger partial charge on any atom is -0.497 e. The summed E-state index contributed by atoms with van der Waals surface area (Å²) in [4.78, 5) is 17.8. The first-order valence-corrected chi connectivity index (χ1v) is 12.1. The molecule has 5 nitrogen and oxygen atoms in total. The van der Waals surface area contributed by atoms with Gasteiger partial charge in [0.15, 0.2) is 0 Å². The number of benzene rings is 1. The maximum atomic E-state index is 12.9. The van der Waals surface area contributed by atoms with Gasteiger partial charge in [-0.1, -0.05) is 24.6 Å². The highest BCUT2D eigenvalue weighted by Crippen LogP contribution is 2.52. The van der Waals surface area contributed by atoms with Crippen molar-refractivity contribution in [3.63, 3.8) is 0 Å². The van der Waals surface area contributed by atoms with Crippen molar-refractivity contribution in [2.75, 3.05) is 38.2 Å². The van der Waals surface area contributed by atoms with Crippen LogP contribution in [0.25, 0.3) is 0 Å². The van der Waals surface area contributed by atoms with Crippen LogP contribution >= 0.6 is 0 Å². The van der Waals surface area contributed by atoms with Crippen LogP contribution in [-0.4, -0.2) is 56.3 Å². The van der Waals surface area contributed by atoms with Gasteiger partial charge in [0.05, 0.1) is 13.0 Å². The Morgan fingerprint density at radius 2 is 2.00 bits per heavy atom. The summed E-state index contributed by atoms with van der Waals surface area (Å²) in [6.07, 6.45) is 8.08. The summed E-state index contributed by atoms with van der Waals surface area (Å²) in [6.45, 7) is 10.5. The van der Waals surface area contributed by atoms with E-state index in [1.54, 1.807) is 7.11 Å². The number of ether oxygens (including phenoxy) is 2. The van der Waals surface area contributed by atoms with E-state index in [9.17, 15) is 4.79 Å². The molecule has 2 fully saturated rings. The molecular formula is C27H36N2O3. The number of piperazine rings is 1. The number of nitrogens with zero attached hydrogens (tertiary/aromatic N) is 2. The van der Waals surface area contributed by atoms with Gasteiger partial charge in [-0.15, -0.1) is 0 Å². The first-order chi connectivity index (χ1) is 15.4. The van der Waals surface area contributed by atoms with Crippen LogP contribution in [0.15, 0.2) is 47.6 Å². The Labute approximate surface area is 192 Å². The number of carbonyl (C=O) groups is 1. The minimum absolute atomic E-state index is 0.00552. The van der Waals surface area contributed by atoms with Gasteiger partial charge in [0, 0.05) is 43.8 Å². The van der Waals surface area contributed by atoms with E-state index in [4.69, 9.17) is 9.47 Å². The molecule has 0 unspecified atom stereocenters. The molecule has 1 aromatic carbocycles. The second-order valence-electron chi connectivity index (χ2n) is 10.4. The Hall–Kier alpha value is -2.27.